The Bertz CT molecular complexity index is 1040. The average molecular weight is 331 g/mol. The van der Waals surface area contributed by atoms with E-state index in [0.717, 1.165) is 0 Å². The summed E-state index contributed by atoms with van der Waals surface area (Å²) in [5, 5.41) is 9.33. The zero-order valence-corrected chi connectivity index (χ0v) is 15.9. The molecule has 0 radical (unpaired) electrons. The number of fused-ring (bicyclic) bond motifs is 3. The highest BCUT2D eigenvalue weighted by Gasteiger charge is 2.14. The van der Waals surface area contributed by atoms with Crippen molar-refractivity contribution in [2.24, 2.45) is 0 Å². The molecular weight excluding hydrogens is 308 g/mol. The molecule has 1 nitrogen and oxygen atoms in total. The molecule has 4 aromatic rings. The van der Waals surface area contributed by atoms with E-state index in [1.165, 1.54) is 37.5 Å². The molecule has 0 amide bonds. The molecule has 0 spiro atoms. The summed E-state index contributed by atoms with van der Waals surface area (Å²) in [5.74, 6) is 0. The van der Waals surface area contributed by atoms with Gasteiger partial charge in [0, 0.05) is 5.60 Å². The van der Waals surface area contributed by atoms with Crippen LogP contribution >= 0.6 is 0 Å². The molecule has 0 atom stereocenters. The quantitative estimate of drug-likeness (QED) is 0.383. The zero-order valence-electron chi connectivity index (χ0n) is 14.5. The number of benzene rings is 4. The molecule has 4 rings (SSSR count). The highest BCUT2D eigenvalue weighted by atomic mass is 28.2. The van der Waals surface area contributed by atoms with Crippen molar-refractivity contribution in [2.45, 2.75) is 26.4 Å². The lowest BCUT2D eigenvalue weighted by atomic mass is 9.99. The van der Waals surface area contributed by atoms with Gasteiger partial charge in [0.05, 0.1) is 0 Å². The van der Waals surface area contributed by atoms with E-state index in [1.807, 2.05) is 0 Å². The van der Waals surface area contributed by atoms with E-state index in [9.17, 15) is 0 Å². The second kappa shape index (κ2) is 5.73. The second-order valence-electron chi connectivity index (χ2n) is 7.40. The van der Waals surface area contributed by atoms with Gasteiger partial charge in [-0.3, -0.25) is 0 Å². The lowest BCUT2D eigenvalue weighted by molar-refractivity contribution is 0.142. The van der Waals surface area contributed by atoms with Gasteiger partial charge < -0.3 is 4.43 Å². The molecule has 4 aromatic carbocycles. The molecule has 0 aliphatic carbocycles. The van der Waals surface area contributed by atoms with Gasteiger partial charge >= 0.3 is 0 Å². The van der Waals surface area contributed by atoms with Crippen LogP contribution in [0.5, 0.6) is 0 Å². The molecule has 0 bridgehead atoms. The summed E-state index contributed by atoms with van der Waals surface area (Å²) >= 11 is 0. The molecule has 0 unspecified atom stereocenters. The summed E-state index contributed by atoms with van der Waals surface area (Å²) < 4.78 is 6.28. The maximum atomic E-state index is 6.28. The molecule has 24 heavy (non-hydrogen) atoms. The van der Waals surface area contributed by atoms with Crippen molar-refractivity contribution in [3.63, 3.8) is 0 Å². The fourth-order valence-electron chi connectivity index (χ4n) is 3.29. The predicted octanol–water partition coefficient (Wildman–Crippen LogP) is 4.67. The minimum Gasteiger partial charge on any atom is -0.414 e. The van der Waals surface area contributed by atoms with Crippen molar-refractivity contribution >= 4 is 47.3 Å². The van der Waals surface area contributed by atoms with Crippen molar-refractivity contribution in [3.05, 3.63) is 66.7 Å². The van der Waals surface area contributed by atoms with Gasteiger partial charge in [-0.15, -0.1) is 0 Å². The maximum absolute atomic E-state index is 6.28. The topological polar surface area (TPSA) is 9.23 Å². The summed E-state index contributed by atoms with van der Waals surface area (Å²) in [6.07, 6.45) is 0. The van der Waals surface area contributed by atoms with Gasteiger partial charge in [0.15, 0.2) is 9.76 Å². The summed E-state index contributed by atoms with van der Waals surface area (Å²) in [5.41, 5.74) is -0.0909. The maximum Gasteiger partial charge on any atom is 0.194 e. The predicted molar refractivity (Wildman–Crippen MR) is 108 cm³/mol. The van der Waals surface area contributed by atoms with Gasteiger partial charge in [0.1, 0.15) is 0 Å². The molecule has 120 valence electrons. The lowest BCUT2D eigenvalue weighted by Gasteiger charge is -2.21. The molecule has 0 saturated heterocycles. The molecule has 0 N–H and O–H groups in total. The summed E-state index contributed by atoms with van der Waals surface area (Å²) in [6, 6.07) is 24.2. The minimum atomic E-state index is -0.826. The van der Waals surface area contributed by atoms with Crippen LogP contribution in [-0.2, 0) is 4.43 Å². The van der Waals surface area contributed by atoms with Gasteiger partial charge in [0.25, 0.3) is 0 Å². The van der Waals surface area contributed by atoms with Crippen LogP contribution in [0.2, 0.25) is 0 Å². The normalized spacial score (nSPS) is 12.8. The Morgan fingerprint density at radius 2 is 1.25 bits per heavy atom. The van der Waals surface area contributed by atoms with Crippen molar-refractivity contribution in [1.29, 1.82) is 0 Å². The van der Waals surface area contributed by atoms with Gasteiger partial charge in [-0.1, -0.05) is 48.5 Å². The first kappa shape index (κ1) is 15.4. The summed E-state index contributed by atoms with van der Waals surface area (Å²) in [7, 11) is -0.826. The number of hydrogen-bond acceptors (Lipinski definition) is 1. The van der Waals surface area contributed by atoms with E-state index < -0.39 is 9.76 Å². The van der Waals surface area contributed by atoms with Crippen LogP contribution in [0.1, 0.15) is 20.8 Å². The van der Waals surface area contributed by atoms with E-state index >= 15 is 0 Å². The van der Waals surface area contributed by atoms with Crippen LogP contribution in [0.4, 0.5) is 0 Å². The van der Waals surface area contributed by atoms with E-state index in [4.69, 9.17) is 4.43 Å². The number of hydrogen-bond donors (Lipinski definition) is 0. The van der Waals surface area contributed by atoms with Crippen LogP contribution < -0.4 is 5.19 Å². The smallest absolute Gasteiger partial charge is 0.194 e. The van der Waals surface area contributed by atoms with E-state index in [0.29, 0.717) is 0 Å². The van der Waals surface area contributed by atoms with E-state index in [2.05, 4.69) is 87.5 Å². The average Bonchev–Trinajstić information content (AvgIpc) is 2.56. The SMILES string of the molecule is CC(C)(C)O[SiH2]c1c2ccccc2cc2cc3ccccc3cc12. The van der Waals surface area contributed by atoms with Crippen molar-refractivity contribution < 1.29 is 4.43 Å². The van der Waals surface area contributed by atoms with Crippen molar-refractivity contribution in [2.75, 3.05) is 0 Å². The fraction of sp³-hybridized carbons (Fsp3) is 0.182. The Kier molecular flexibility index (Phi) is 3.67. The minimum absolute atomic E-state index is 0.0909. The van der Waals surface area contributed by atoms with Gasteiger partial charge in [-0.2, -0.15) is 0 Å². The Balaban J connectivity index is 2.03. The van der Waals surface area contributed by atoms with Crippen LogP contribution in [0, 0.1) is 0 Å². The molecule has 0 aliphatic rings. The van der Waals surface area contributed by atoms with Crippen LogP contribution in [0.15, 0.2) is 66.7 Å². The molecule has 0 aromatic heterocycles. The molecule has 0 heterocycles. The highest BCUT2D eigenvalue weighted by molar-refractivity contribution is 6.56. The first-order chi connectivity index (χ1) is 11.5. The van der Waals surface area contributed by atoms with Gasteiger partial charge in [0.2, 0.25) is 0 Å². The van der Waals surface area contributed by atoms with E-state index in [-0.39, 0.29) is 5.60 Å². The Morgan fingerprint density at radius 3 is 1.96 bits per heavy atom. The molecule has 0 saturated carbocycles. The highest BCUT2D eigenvalue weighted by Crippen LogP contribution is 2.26. The first-order valence-corrected chi connectivity index (χ1v) is 9.77. The Morgan fingerprint density at radius 1 is 0.667 bits per heavy atom. The zero-order chi connectivity index (χ0) is 16.7. The van der Waals surface area contributed by atoms with E-state index in [1.54, 1.807) is 0 Å². The van der Waals surface area contributed by atoms with Crippen LogP contribution in [0.25, 0.3) is 32.3 Å². The fourth-order valence-corrected chi connectivity index (χ4v) is 4.81. The van der Waals surface area contributed by atoms with Crippen molar-refractivity contribution in [1.82, 2.24) is 0 Å². The Hall–Kier alpha value is -2.16. The standard InChI is InChI=1S/C22H22OSi/c1-22(2,3)23-24-21-19-11-7-6-10-17(19)13-18-12-15-8-4-5-9-16(15)14-20(18)21/h4-14H,24H2,1-3H3. The third-order valence-electron chi connectivity index (χ3n) is 4.49. The lowest BCUT2D eigenvalue weighted by Crippen LogP contribution is -2.29. The van der Waals surface area contributed by atoms with Crippen LogP contribution in [0.3, 0.4) is 0 Å². The second-order valence-corrected chi connectivity index (χ2v) is 8.68. The summed E-state index contributed by atoms with van der Waals surface area (Å²) in [4.78, 5) is 0. The van der Waals surface area contributed by atoms with Crippen LogP contribution in [-0.4, -0.2) is 15.4 Å². The van der Waals surface area contributed by atoms with Gasteiger partial charge in [-0.05, 0) is 76.5 Å². The summed E-state index contributed by atoms with van der Waals surface area (Å²) in [6.45, 7) is 6.42. The third kappa shape index (κ3) is 2.83. The van der Waals surface area contributed by atoms with Gasteiger partial charge in [-0.25, -0.2) is 0 Å². The molecule has 0 aliphatic heterocycles. The molecule has 0 fully saturated rings. The Labute approximate surface area is 145 Å². The third-order valence-corrected chi connectivity index (χ3v) is 6.55. The first-order valence-electron chi connectivity index (χ1n) is 8.48. The molecular formula is C22H22OSi. The largest absolute Gasteiger partial charge is 0.414 e. The number of rotatable bonds is 2. The molecule has 2 heteroatoms. The monoisotopic (exact) mass is 330 g/mol. The van der Waals surface area contributed by atoms with Crippen molar-refractivity contribution in [3.8, 4) is 0 Å².